The lowest BCUT2D eigenvalue weighted by molar-refractivity contribution is -0.113. The Morgan fingerprint density at radius 3 is 2.54 bits per heavy atom. The molecule has 4 aromatic rings. The van der Waals surface area contributed by atoms with E-state index in [4.69, 9.17) is 11.6 Å². The summed E-state index contributed by atoms with van der Waals surface area (Å²) < 4.78 is 1.77. The van der Waals surface area contributed by atoms with Crippen molar-refractivity contribution in [2.75, 3.05) is 11.1 Å². The predicted octanol–water partition coefficient (Wildman–Crippen LogP) is 5.12. The van der Waals surface area contributed by atoms with Gasteiger partial charge in [-0.1, -0.05) is 53.7 Å². The van der Waals surface area contributed by atoms with E-state index < -0.39 is 0 Å². The average Bonchev–Trinajstić information content (AvgIpc) is 3.40. The minimum Gasteiger partial charge on any atom is -0.342 e. The van der Waals surface area contributed by atoms with Crippen molar-refractivity contribution in [1.82, 2.24) is 25.1 Å². The highest BCUT2D eigenvalue weighted by Gasteiger charge is 2.19. The number of aromatic nitrogens is 4. The Morgan fingerprint density at radius 2 is 1.83 bits per heavy atom. The van der Waals surface area contributed by atoms with Crippen LogP contribution in [0.25, 0.3) is 11.3 Å². The number of halogens is 1. The first-order valence-corrected chi connectivity index (χ1v) is 12.9. The number of anilines is 1. The summed E-state index contributed by atoms with van der Waals surface area (Å²) in [6, 6.07) is 16.1. The number of aryl methyl sites for hydroxylation is 1. The second-order valence-corrected chi connectivity index (χ2v) is 10.3. The van der Waals surface area contributed by atoms with Crippen molar-refractivity contribution in [2.45, 2.75) is 25.0 Å². The van der Waals surface area contributed by atoms with Crippen LogP contribution in [0.3, 0.4) is 0 Å². The molecule has 2 heterocycles. The van der Waals surface area contributed by atoms with E-state index in [1.807, 2.05) is 44.2 Å². The first-order chi connectivity index (χ1) is 16.8. The van der Waals surface area contributed by atoms with Gasteiger partial charge in [-0.15, -0.1) is 21.5 Å². The lowest BCUT2D eigenvalue weighted by Gasteiger charge is -2.13. The molecule has 0 bridgehead atoms. The Morgan fingerprint density at radius 1 is 1.11 bits per heavy atom. The maximum Gasteiger partial charge on any atom is 0.251 e. The maximum absolute atomic E-state index is 12.5. The number of nitrogens with zero attached hydrogens (tertiary/aromatic N) is 4. The van der Waals surface area contributed by atoms with Crippen LogP contribution in [0.1, 0.15) is 34.0 Å². The third-order valence-corrected chi connectivity index (χ3v) is 7.29. The molecule has 1 atom stereocenters. The Hall–Kier alpha value is -3.21. The lowest BCUT2D eigenvalue weighted by Crippen LogP contribution is -2.28. The molecule has 11 heteroatoms. The second kappa shape index (κ2) is 11.0. The zero-order chi connectivity index (χ0) is 24.9. The van der Waals surface area contributed by atoms with Gasteiger partial charge in [-0.3, -0.25) is 9.59 Å². The predicted molar refractivity (Wildman–Crippen MR) is 140 cm³/mol. The Labute approximate surface area is 216 Å². The largest absolute Gasteiger partial charge is 0.342 e. The summed E-state index contributed by atoms with van der Waals surface area (Å²) in [4.78, 5) is 30.6. The Balaban J connectivity index is 1.33. The molecule has 2 N–H and O–H groups in total. The molecule has 0 aliphatic rings. The zero-order valence-electron chi connectivity index (χ0n) is 19.3. The van der Waals surface area contributed by atoms with Crippen LogP contribution < -0.4 is 10.6 Å². The number of rotatable bonds is 8. The summed E-state index contributed by atoms with van der Waals surface area (Å²) in [5.74, 6) is 0.311. The van der Waals surface area contributed by atoms with E-state index in [2.05, 4.69) is 25.8 Å². The molecule has 2 aromatic carbocycles. The summed E-state index contributed by atoms with van der Waals surface area (Å²) in [7, 11) is 1.80. The summed E-state index contributed by atoms with van der Waals surface area (Å²) in [5, 5.41) is 15.8. The van der Waals surface area contributed by atoms with E-state index in [0.29, 0.717) is 26.7 Å². The van der Waals surface area contributed by atoms with Gasteiger partial charge in [0.1, 0.15) is 0 Å². The fourth-order valence-electron chi connectivity index (χ4n) is 3.37. The second-order valence-electron chi connectivity index (χ2n) is 7.73. The fraction of sp³-hybridized carbons (Fsp3) is 0.208. The molecule has 0 saturated carbocycles. The number of carbonyl (C=O) groups is 2. The molecule has 2 amide bonds. The highest BCUT2D eigenvalue weighted by Crippen LogP contribution is 2.30. The lowest BCUT2D eigenvalue weighted by atomic mass is 10.1. The Bertz CT molecular complexity index is 1340. The van der Waals surface area contributed by atoms with Crippen LogP contribution in [0.5, 0.6) is 0 Å². The van der Waals surface area contributed by atoms with Gasteiger partial charge in [0.05, 0.1) is 17.5 Å². The molecule has 0 saturated heterocycles. The first-order valence-electron chi connectivity index (χ1n) is 10.7. The van der Waals surface area contributed by atoms with Gasteiger partial charge < -0.3 is 15.2 Å². The number of hydrogen-bond donors (Lipinski definition) is 2. The van der Waals surface area contributed by atoms with E-state index in [1.54, 1.807) is 35.9 Å². The molecule has 0 aliphatic carbocycles. The number of benzene rings is 2. The quantitative estimate of drug-likeness (QED) is 0.309. The molecule has 0 unspecified atom stereocenters. The van der Waals surface area contributed by atoms with Crippen molar-refractivity contribution in [2.24, 2.45) is 7.05 Å². The van der Waals surface area contributed by atoms with Crippen molar-refractivity contribution in [3.63, 3.8) is 0 Å². The minimum atomic E-state index is -0.381. The van der Waals surface area contributed by atoms with E-state index in [1.165, 1.54) is 23.1 Å². The molecular formula is C24H23ClN6O2S2. The number of hydrogen-bond acceptors (Lipinski definition) is 7. The van der Waals surface area contributed by atoms with Crippen LogP contribution in [-0.4, -0.2) is 37.3 Å². The fourth-order valence-corrected chi connectivity index (χ4v) is 5.07. The van der Waals surface area contributed by atoms with Crippen molar-refractivity contribution in [3.8, 4) is 11.3 Å². The topological polar surface area (TPSA) is 102 Å². The summed E-state index contributed by atoms with van der Waals surface area (Å²) >= 11 is 8.59. The van der Waals surface area contributed by atoms with Gasteiger partial charge in [0.25, 0.3) is 5.91 Å². The molecular weight excluding hydrogens is 504 g/mol. The molecule has 180 valence electrons. The highest BCUT2D eigenvalue weighted by molar-refractivity contribution is 7.99. The molecule has 2 aromatic heterocycles. The molecule has 0 radical (unpaired) electrons. The van der Waals surface area contributed by atoms with Gasteiger partial charge in [-0.25, -0.2) is 4.98 Å². The van der Waals surface area contributed by atoms with Gasteiger partial charge in [0.2, 0.25) is 5.91 Å². The third-order valence-electron chi connectivity index (χ3n) is 5.13. The zero-order valence-corrected chi connectivity index (χ0v) is 21.7. The van der Waals surface area contributed by atoms with Crippen LogP contribution in [0.15, 0.2) is 59.8 Å². The molecule has 0 spiro atoms. The Kier molecular flexibility index (Phi) is 7.84. The van der Waals surface area contributed by atoms with Crippen molar-refractivity contribution in [3.05, 3.63) is 75.9 Å². The van der Waals surface area contributed by atoms with E-state index in [-0.39, 0.29) is 23.6 Å². The molecule has 35 heavy (non-hydrogen) atoms. The normalized spacial score (nSPS) is 11.8. The molecule has 4 rings (SSSR count). The first kappa shape index (κ1) is 24.9. The van der Waals surface area contributed by atoms with Gasteiger partial charge in [-0.2, -0.15) is 0 Å². The van der Waals surface area contributed by atoms with Crippen LogP contribution in [0.2, 0.25) is 5.02 Å². The van der Waals surface area contributed by atoms with Gasteiger partial charge in [-0.05, 0) is 38.1 Å². The number of amides is 2. The SMILES string of the molecule is Cc1sc(NC(=O)CSc2nnc([C@H](C)NC(=O)c3ccc(Cl)cc3)n2C)nc1-c1ccccc1. The molecule has 8 nitrogen and oxygen atoms in total. The van der Waals surface area contributed by atoms with Gasteiger partial charge >= 0.3 is 0 Å². The van der Waals surface area contributed by atoms with Gasteiger partial charge in [0, 0.05) is 28.1 Å². The smallest absolute Gasteiger partial charge is 0.251 e. The number of thiazole rings is 1. The molecule has 0 aliphatic heterocycles. The van der Waals surface area contributed by atoms with Crippen LogP contribution in [-0.2, 0) is 11.8 Å². The van der Waals surface area contributed by atoms with Gasteiger partial charge in [0.15, 0.2) is 16.1 Å². The number of nitrogens with one attached hydrogen (secondary N) is 2. The monoisotopic (exact) mass is 526 g/mol. The van der Waals surface area contributed by atoms with Crippen molar-refractivity contribution < 1.29 is 9.59 Å². The van der Waals surface area contributed by atoms with E-state index >= 15 is 0 Å². The standard InChI is InChI=1S/C24H23ClN6O2S2/c1-14(26-22(33)17-9-11-18(25)12-10-17)21-29-30-24(31(21)3)34-13-19(32)27-23-28-20(15(2)35-23)16-7-5-4-6-8-16/h4-12,14H,13H2,1-3H3,(H,26,33)(H,27,28,32)/t14-/m0/s1. The number of thioether (sulfide) groups is 1. The summed E-state index contributed by atoms with van der Waals surface area (Å²) in [5.41, 5.74) is 2.38. The van der Waals surface area contributed by atoms with Crippen molar-refractivity contribution >= 4 is 51.6 Å². The third kappa shape index (κ3) is 6.08. The highest BCUT2D eigenvalue weighted by atomic mass is 35.5. The summed E-state index contributed by atoms with van der Waals surface area (Å²) in [6.45, 7) is 3.81. The van der Waals surface area contributed by atoms with Crippen LogP contribution >= 0.6 is 34.7 Å². The van der Waals surface area contributed by atoms with E-state index in [9.17, 15) is 9.59 Å². The maximum atomic E-state index is 12.5. The number of carbonyl (C=O) groups excluding carboxylic acids is 2. The van der Waals surface area contributed by atoms with Crippen molar-refractivity contribution in [1.29, 1.82) is 0 Å². The molecule has 0 fully saturated rings. The minimum absolute atomic E-state index is 0.150. The van der Waals surface area contributed by atoms with Crippen LogP contribution in [0.4, 0.5) is 5.13 Å². The van der Waals surface area contributed by atoms with E-state index in [0.717, 1.165) is 16.1 Å². The van der Waals surface area contributed by atoms with Crippen LogP contribution in [0, 0.1) is 6.92 Å². The summed E-state index contributed by atoms with van der Waals surface area (Å²) in [6.07, 6.45) is 0. The average molecular weight is 527 g/mol.